The van der Waals surface area contributed by atoms with E-state index in [4.69, 9.17) is 4.74 Å². The van der Waals surface area contributed by atoms with Crippen LogP contribution in [-0.2, 0) is 15.4 Å². The summed E-state index contributed by atoms with van der Waals surface area (Å²) in [5, 5.41) is 3.92. The van der Waals surface area contributed by atoms with E-state index < -0.39 is 10.0 Å². The fourth-order valence-electron chi connectivity index (χ4n) is 3.15. The molecule has 0 fully saturated rings. The number of anilines is 2. The first-order valence-corrected chi connectivity index (χ1v) is 12.1. The summed E-state index contributed by atoms with van der Waals surface area (Å²) in [7, 11) is -2.09. The number of ether oxygens (including phenoxy) is 1. The van der Waals surface area contributed by atoms with Crippen molar-refractivity contribution in [2.24, 2.45) is 0 Å². The summed E-state index contributed by atoms with van der Waals surface area (Å²) in [6.07, 6.45) is 1.08. The van der Waals surface area contributed by atoms with E-state index in [1.165, 1.54) is 18.4 Å². The van der Waals surface area contributed by atoms with E-state index in [-0.39, 0.29) is 22.8 Å². The molecule has 2 aromatic carbocycles. The zero-order valence-corrected chi connectivity index (χ0v) is 19.5. The van der Waals surface area contributed by atoms with Crippen LogP contribution in [0.15, 0.2) is 36.4 Å². The van der Waals surface area contributed by atoms with E-state index >= 15 is 0 Å². The molecule has 1 amide bonds. The maximum atomic E-state index is 13.0. The standard InChI is InChI=1S/C22H26N2O4S2/c1-13-8-7-9-14-10-18(29-20(13)14)21(25)23-16-11-15(22(2,3)4)12-17(19(16)28-5)24-30(6,26)27/h7-12,24H,1-6H3,(H,23,25). The Kier molecular flexibility index (Phi) is 5.84. The van der Waals surface area contributed by atoms with Gasteiger partial charge < -0.3 is 10.1 Å². The van der Waals surface area contributed by atoms with Gasteiger partial charge in [0.1, 0.15) is 0 Å². The Hall–Kier alpha value is -2.58. The lowest BCUT2D eigenvalue weighted by Gasteiger charge is -2.23. The van der Waals surface area contributed by atoms with Crippen molar-refractivity contribution in [2.45, 2.75) is 33.1 Å². The summed E-state index contributed by atoms with van der Waals surface area (Å²) in [5.74, 6) is -0.00988. The van der Waals surface area contributed by atoms with Crippen molar-refractivity contribution >= 4 is 48.7 Å². The van der Waals surface area contributed by atoms with E-state index in [0.29, 0.717) is 10.6 Å². The second kappa shape index (κ2) is 7.92. The molecule has 6 nitrogen and oxygen atoms in total. The van der Waals surface area contributed by atoms with Gasteiger partial charge in [0.25, 0.3) is 5.91 Å². The van der Waals surface area contributed by atoms with Crippen molar-refractivity contribution in [2.75, 3.05) is 23.4 Å². The third-order valence-corrected chi connectivity index (χ3v) is 6.54. The molecule has 2 N–H and O–H groups in total. The first-order chi connectivity index (χ1) is 13.9. The molecule has 0 spiro atoms. The number of hydrogen-bond acceptors (Lipinski definition) is 5. The fraction of sp³-hybridized carbons (Fsp3) is 0.318. The average Bonchev–Trinajstić information content (AvgIpc) is 3.05. The topological polar surface area (TPSA) is 84.5 Å². The Labute approximate surface area is 181 Å². The molecule has 0 aliphatic heterocycles. The number of nitrogens with one attached hydrogen (secondary N) is 2. The van der Waals surface area contributed by atoms with Crippen LogP contribution in [0.4, 0.5) is 11.4 Å². The van der Waals surface area contributed by atoms with Crippen LogP contribution >= 0.6 is 11.3 Å². The van der Waals surface area contributed by atoms with Gasteiger partial charge in [-0.3, -0.25) is 9.52 Å². The first-order valence-electron chi connectivity index (χ1n) is 9.40. The number of sulfonamides is 1. The molecule has 0 aliphatic carbocycles. The zero-order chi connectivity index (χ0) is 22.3. The number of benzene rings is 2. The fourth-order valence-corrected chi connectivity index (χ4v) is 4.73. The lowest BCUT2D eigenvalue weighted by molar-refractivity contribution is 0.103. The Morgan fingerprint density at radius 2 is 1.77 bits per heavy atom. The molecule has 0 atom stereocenters. The van der Waals surface area contributed by atoms with E-state index in [9.17, 15) is 13.2 Å². The number of amides is 1. The van der Waals surface area contributed by atoms with Crippen molar-refractivity contribution in [3.05, 3.63) is 52.4 Å². The first kappa shape index (κ1) is 22.1. The molecule has 1 heterocycles. The summed E-state index contributed by atoms with van der Waals surface area (Å²) in [6, 6.07) is 11.4. The SMILES string of the molecule is COc1c(NC(=O)c2cc3cccc(C)c3s2)cc(C(C)(C)C)cc1NS(C)(=O)=O. The Balaban J connectivity index is 2.07. The van der Waals surface area contributed by atoms with E-state index in [2.05, 4.69) is 10.0 Å². The van der Waals surface area contributed by atoms with Gasteiger partial charge in [-0.15, -0.1) is 11.3 Å². The Morgan fingerprint density at radius 3 is 2.33 bits per heavy atom. The van der Waals surface area contributed by atoms with Crippen molar-refractivity contribution in [1.29, 1.82) is 0 Å². The maximum Gasteiger partial charge on any atom is 0.265 e. The molecule has 3 aromatic rings. The van der Waals surface area contributed by atoms with Crippen LogP contribution in [-0.4, -0.2) is 27.7 Å². The smallest absolute Gasteiger partial charge is 0.265 e. The number of methoxy groups -OCH3 is 1. The van der Waals surface area contributed by atoms with E-state index in [1.54, 1.807) is 6.07 Å². The van der Waals surface area contributed by atoms with Gasteiger partial charge in [-0.1, -0.05) is 39.0 Å². The molecule has 0 bridgehead atoms. The highest BCUT2D eigenvalue weighted by molar-refractivity contribution is 7.92. The van der Waals surface area contributed by atoms with Gasteiger partial charge in [0, 0.05) is 4.70 Å². The summed E-state index contributed by atoms with van der Waals surface area (Å²) in [4.78, 5) is 13.6. The largest absolute Gasteiger partial charge is 0.492 e. The van der Waals surface area contributed by atoms with E-state index in [0.717, 1.165) is 27.5 Å². The van der Waals surface area contributed by atoms with Gasteiger partial charge in [0.2, 0.25) is 10.0 Å². The maximum absolute atomic E-state index is 13.0. The number of carbonyl (C=O) groups is 1. The minimum Gasteiger partial charge on any atom is -0.492 e. The third-order valence-electron chi connectivity index (χ3n) is 4.67. The Bertz CT molecular complexity index is 1220. The molecule has 0 saturated heterocycles. The predicted octanol–water partition coefficient (Wildman–Crippen LogP) is 5.14. The molecule has 0 radical (unpaired) electrons. The van der Waals surface area contributed by atoms with Gasteiger partial charge >= 0.3 is 0 Å². The van der Waals surface area contributed by atoms with Crippen LogP contribution in [0.3, 0.4) is 0 Å². The second-order valence-corrected chi connectivity index (χ2v) is 11.1. The molecular weight excluding hydrogens is 420 g/mol. The highest BCUT2D eigenvalue weighted by Crippen LogP contribution is 2.39. The quantitative estimate of drug-likeness (QED) is 0.568. The monoisotopic (exact) mass is 446 g/mol. The number of carbonyl (C=O) groups excluding carboxylic acids is 1. The normalized spacial score (nSPS) is 12.1. The highest BCUT2D eigenvalue weighted by Gasteiger charge is 2.23. The van der Waals surface area contributed by atoms with Gasteiger partial charge in [-0.25, -0.2) is 8.42 Å². The van der Waals surface area contributed by atoms with E-state index in [1.807, 2.05) is 58.0 Å². The highest BCUT2D eigenvalue weighted by atomic mass is 32.2. The predicted molar refractivity (Wildman–Crippen MR) is 125 cm³/mol. The minimum atomic E-state index is -3.53. The molecule has 160 valence electrons. The van der Waals surface area contributed by atoms with Crippen molar-refractivity contribution in [3.63, 3.8) is 0 Å². The van der Waals surface area contributed by atoms with Gasteiger partial charge in [0.05, 0.1) is 29.6 Å². The molecule has 8 heteroatoms. The van der Waals surface area contributed by atoms with Crippen LogP contribution in [0.2, 0.25) is 0 Å². The van der Waals surface area contributed by atoms with Crippen molar-refractivity contribution in [3.8, 4) is 5.75 Å². The molecular formula is C22H26N2O4S2. The number of rotatable bonds is 5. The van der Waals surface area contributed by atoms with Crippen molar-refractivity contribution in [1.82, 2.24) is 0 Å². The zero-order valence-electron chi connectivity index (χ0n) is 17.9. The molecule has 30 heavy (non-hydrogen) atoms. The second-order valence-electron chi connectivity index (χ2n) is 8.29. The van der Waals surface area contributed by atoms with Gasteiger partial charge in [-0.05, 0) is 47.1 Å². The van der Waals surface area contributed by atoms with Crippen LogP contribution in [0, 0.1) is 6.92 Å². The van der Waals surface area contributed by atoms with Gasteiger partial charge in [-0.2, -0.15) is 0 Å². The molecule has 0 saturated carbocycles. The van der Waals surface area contributed by atoms with Crippen LogP contribution < -0.4 is 14.8 Å². The summed E-state index contributed by atoms with van der Waals surface area (Å²) < 4.78 is 32.8. The lowest BCUT2D eigenvalue weighted by Crippen LogP contribution is -2.18. The van der Waals surface area contributed by atoms with Gasteiger partial charge in [0.15, 0.2) is 5.75 Å². The van der Waals surface area contributed by atoms with Crippen molar-refractivity contribution < 1.29 is 17.9 Å². The molecule has 1 aromatic heterocycles. The summed E-state index contributed by atoms with van der Waals surface area (Å²) >= 11 is 1.42. The number of thiophene rings is 1. The van der Waals surface area contributed by atoms with Crippen LogP contribution in [0.25, 0.3) is 10.1 Å². The number of aryl methyl sites for hydroxylation is 1. The number of hydrogen-bond donors (Lipinski definition) is 2. The summed E-state index contributed by atoms with van der Waals surface area (Å²) in [5.41, 5.74) is 2.40. The molecule has 0 aliphatic rings. The summed E-state index contributed by atoms with van der Waals surface area (Å²) in [6.45, 7) is 8.05. The lowest BCUT2D eigenvalue weighted by atomic mass is 9.86. The molecule has 3 rings (SSSR count). The number of fused-ring (bicyclic) bond motifs is 1. The Morgan fingerprint density at radius 1 is 1.10 bits per heavy atom. The van der Waals surface area contributed by atoms with Crippen LogP contribution in [0.1, 0.15) is 41.6 Å². The van der Waals surface area contributed by atoms with Crippen LogP contribution in [0.5, 0.6) is 5.75 Å². The third kappa shape index (κ3) is 4.76. The molecule has 0 unspecified atom stereocenters. The average molecular weight is 447 g/mol. The minimum absolute atomic E-state index is 0.263.